The number of ether oxygens (including phenoxy) is 1. The van der Waals surface area contributed by atoms with Crippen LogP contribution in [0.15, 0.2) is 42.6 Å². The molecule has 1 aliphatic heterocycles. The fourth-order valence-corrected chi connectivity index (χ4v) is 3.57. The van der Waals surface area contributed by atoms with Crippen molar-refractivity contribution in [1.29, 1.82) is 0 Å². The van der Waals surface area contributed by atoms with E-state index in [1.54, 1.807) is 13.3 Å². The standard InChI is InChI=1S/C19H24ClN3O2/c1-25-17-5-2-4-15(12-17)13-22-9-10-23(14-16(22)7-11-24)19-18(20)6-3-8-21-19/h2-6,8,12,16,24H,7,9-11,13-14H2,1H3/t16-/m1/s1. The number of aromatic nitrogens is 1. The lowest BCUT2D eigenvalue weighted by Gasteiger charge is -2.42. The summed E-state index contributed by atoms with van der Waals surface area (Å²) in [7, 11) is 1.68. The number of aliphatic hydroxyl groups excluding tert-OH is 1. The molecule has 0 radical (unpaired) electrons. The molecule has 25 heavy (non-hydrogen) atoms. The lowest BCUT2D eigenvalue weighted by molar-refractivity contribution is 0.135. The number of piperazine rings is 1. The summed E-state index contributed by atoms with van der Waals surface area (Å²) in [5, 5.41) is 10.2. The highest BCUT2D eigenvalue weighted by Gasteiger charge is 2.28. The van der Waals surface area contributed by atoms with Gasteiger partial charge in [0.15, 0.2) is 0 Å². The Morgan fingerprint density at radius 1 is 1.28 bits per heavy atom. The molecule has 1 saturated heterocycles. The van der Waals surface area contributed by atoms with Gasteiger partial charge in [0.05, 0.1) is 12.1 Å². The van der Waals surface area contributed by atoms with E-state index in [0.29, 0.717) is 5.02 Å². The lowest BCUT2D eigenvalue weighted by atomic mass is 10.1. The summed E-state index contributed by atoms with van der Waals surface area (Å²) >= 11 is 6.30. The number of aliphatic hydroxyl groups is 1. The first-order valence-electron chi connectivity index (χ1n) is 8.54. The summed E-state index contributed by atoms with van der Waals surface area (Å²) < 4.78 is 5.32. The van der Waals surface area contributed by atoms with Crippen LogP contribution in [0, 0.1) is 0 Å². The summed E-state index contributed by atoms with van der Waals surface area (Å²) in [6.45, 7) is 3.58. The number of hydrogen-bond donors (Lipinski definition) is 1. The number of hydrogen-bond acceptors (Lipinski definition) is 5. The maximum absolute atomic E-state index is 9.49. The van der Waals surface area contributed by atoms with E-state index in [2.05, 4.69) is 26.9 Å². The monoisotopic (exact) mass is 361 g/mol. The predicted octanol–water partition coefficient (Wildman–Crippen LogP) is 2.82. The fourth-order valence-electron chi connectivity index (χ4n) is 3.33. The minimum Gasteiger partial charge on any atom is -0.497 e. The van der Waals surface area contributed by atoms with Crippen LogP contribution in [0.1, 0.15) is 12.0 Å². The van der Waals surface area contributed by atoms with Crippen molar-refractivity contribution < 1.29 is 9.84 Å². The summed E-state index contributed by atoms with van der Waals surface area (Å²) in [5.41, 5.74) is 1.21. The topological polar surface area (TPSA) is 48.8 Å². The molecule has 1 aromatic heterocycles. The largest absolute Gasteiger partial charge is 0.497 e. The molecule has 0 spiro atoms. The Morgan fingerprint density at radius 2 is 2.16 bits per heavy atom. The summed E-state index contributed by atoms with van der Waals surface area (Å²) in [6.07, 6.45) is 2.50. The van der Waals surface area contributed by atoms with Gasteiger partial charge >= 0.3 is 0 Å². The van der Waals surface area contributed by atoms with Crippen molar-refractivity contribution in [2.75, 3.05) is 38.3 Å². The van der Waals surface area contributed by atoms with E-state index in [-0.39, 0.29) is 12.6 Å². The van der Waals surface area contributed by atoms with E-state index >= 15 is 0 Å². The second kappa shape index (κ2) is 8.52. The zero-order valence-corrected chi connectivity index (χ0v) is 15.2. The van der Waals surface area contributed by atoms with E-state index in [0.717, 1.165) is 44.2 Å². The second-order valence-corrected chi connectivity index (χ2v) is 6.65. The third-order valence-electron chi connectivity index (χ3n) is 4.63. The third-order valence-corrected chi connectivity index (χ3v) is 4.92. The van der Waals surface area contributed by atoms with Crippen LogP contribution in [0.25, 0.3) is 0 Å². The Bertz CT molecular complexity index is 698. The van der Waals surface area contributed by atoms with E-state index in [1.807, 2.05) is 24.3 Å². The molecule has 2 aromatic rings. The molecule has 1 N–H and O–H groups in total. The van der Waals surface area contributed by atoms with Gasteiger partial charge < -0.3 is 14.7 Å². The minimum atomic E-state index is 0.170. The highest BCUT2D eigenvalue weighted by atomic mass is 35.5. The van der Waals surface area contributed by atoms with Crippen molar-refractivity contribution in [3.8, 4) is 5.75 Å². The number of nitrogens with zero attached hydrogens (tertiary/aromatic N) is 3. The summed E-state index contributed by atoms with van der Waals surface area (Å²) in [5.74, 6) is 1.70. The highest BCUT2D eigenvalue weighted by molar-refractivity contribution is 6.32. The molecule has 1 fully saturated rings. The number of methoxy groups -OCH3 is 1. The lowest BCUT2D eigenvalue weighted by Crippen LogP contribution is -2.53. The Morgan fingerprint density at radius 3 is 2.92 bits per heavy atom. The molecule has 134 valence electrons. The van der Waals surface area contributed by atoms with Crippen molar-refractivity contribution >= 4 is 17.4 Å². The molecule has 0 bridgehead atoms. The molecular formula is C19H24ClN3O2. The maximum Gasteiger partial charge on any atom is 0.147 e. The van der Waals surface area contributed by atoms with Crippen LogP contribution in [0.4, 0.5) is 5.82 Å². The number of anilines is 1. The Kier molecular flexibility index (Phi) is 6.13. The predicted molar refractivity (Wildman–Crippen MR) is 100 cm³/mol. The number of benzene rings is 1. The normalized spacial score (nSPS) is 18.4. The zero-order valence-electron chi connectivity index (χ0n) is 14.4. The smallest absolute Gasteiger partial charge is 0.147 e. The van der Waals surface area contributed by atoms with Crippen molar-refractivity contribution in [2.45, 2.75) is 19.0 Å². The van der Waals surface area contributed by atoms with Crippen LogP contribution in [0.3, 0.4) is 0 Å². The first kappa shape index (κ1) is 18.0. The zero-order chi connectivity index (χ0) is 17.6. The van der Waals surface area contributed by atoms with Crippen LogP contribution in [0.2, 0.25) is 5.02 Å². The van der Waals surface area contributed by atoms with Crippen molar-refractivity contribution in [2.24, 2.45) is 0 Å². The van der Waals surface area contributed by atoms with E-state index in [9.17, 15) is 5.11 Å². The van der Waals surface area contributed by atoms with Crippen LogP contribution >= 0.6 is 11.6 Å². The minimum absolute atomic E-state index is 0.170. The van der Waals surface area contributed by atoms with Crippen LogP contribution in [0.5, 0.6) is 5.75 Å². The summed E-state index contributed by atoms with van der Waals surface area (Å²) in [4.78, 5) is 9.05. The van der Waals surface area contributed by atoms with Crippen LogP contribution < -0.4 is 9.64 Å². The quantitative estimate of drug-likeness (QED) is 0.857. The number of pyridine rings is 1. The first-order chi connectivity index (χ1) is 12.2. The molecule has 3 rings (SSSR count). The average Bonchev–Trinajstić information content (AvgIpc) is 2.64. The molecule has 0 saturated carbocycles. The van der Waals surface area contributed by atoms with Crippen LogP contribution in [-0.4, -0.2) is 54.4 Å². The van der Waals surface area contributed by atoms with Gasteiger partial charge in [-0.1, -0.05) is 23.7 Å². The molecule has 2 heterocycles. The van der Waals surface area contributed by atoms with Crippen molar-refractivity contribution in [3.63, 3.8) is 0 Å². The van der Waals surface area contributed by atoms with Gasteiger partial charge in [-0.15, -0.1) is 0 Å². The van der Waals surface area contributed by atoms with Gasteiger partial charge in [-0.25, -0.2) is 4.98 Å². The van der Waals surface area contributed by atoms with Crippen molar-refractivity contribution in [3.05, 3.63) is 53.2 Å². The van der Waals surface area contributed by atoms with Gasteiger partial charge in [-0.2, -0.15) is 0 Å². The van der Waals surface area contributed by atoms with E-state index in [1.165, 1.54) is 5.56 Å². The van der Waals surface area contributed by atoms with Gasteiger partial charge in [0.2, 0.25) is 0 Å². The van der Waals surface area contributed by atoms with E-state index < -0.39 is 0 Å². The molecule has 0 aliphatic carbocycles. The van der Waals surface area contributed by atoms with Crippen LogP contribution in [-0.2, 0) is 6.54 Å². The average molecular weight is 362 g/mol. The molecule has 1 aliphatic rings. The Balaban J connectivity index is 1.72. The molecule has 1 aromatic carbocycles. The Hall–Kier alpha value is -1.82. The second-order valence-electron chi connectivity index (χ2n) is 6.24. The first-order valence-corrected chi connectivity index (χ1v) is 8.92. The number of rotatable bonds is 6. The van der Waals surface area contributed by atoms with E-state index in [4.69, 9.17) is 16.3 Å². The summed E-state index contributed by atoms with van der Waals surface area (Å²) in [6, 6.07) is 12.1. The molecule has 0 unspecified atom stereocenters. The van der Waals surface area contributed by atoms with Gasteiger partial charge in [-0.3, -0.25) is 4.90 Å². The third kappa shape index (κ3) is 4.42. The molecule has 6 heteroatoms. The maximum atomic E-state index is 9.49. The number of halogens is 1. The molecule has 1 atom stereocenters. The van der Waals surface area contributed by atoms with Gasteiger partial charge in [0.1, 0.15) is 11.6 Å². The SMILES string of the molecule is COc1cccc(CN2CCN(c3ncccc3Cl)C[C@H]2CCO)c1. The molecular weight excluding hydrogens is 338 g/mol. The molecule has 0 amide bonds. The van der Waals surface area contributed by atoms with Gasteiger partial charge in [0.25, 0.3) is 0 Å². The van der Waals surface area contributed by atoms with Crippen molar-refractivity contribution in [1.82, 2.24) is 9.88 Å². The Labute approximate surface area is 153 Å². The fraction of sp³-hybridized carbons (Fsp3) is 0.421. The van der Waals surface area contributed by atoms with Gasteiger partial charge in [-0.05, 0) is 36.2 Å². The molecule has 5 nitrogen and oxygen atoms in total. The van der Waals surface area contributed by atoms with Gasteiger partial charge in [0, 0.05) is 45.0 Å². The highest BCUT2D eigenvalue weighted by Crippen LogP contribution is 2.26.